The van der Waals surface area contributed by atoms with Gasteiger partial charge in [0.15, 0.2) is 0 Å². The molecule has 130 valence electrons. The van der Waals surface area contributed by atoms with Gasteiger partial charge in [-0.25, -0.2) is 0 Å². The molecule has 1 aromatic rings. The number of thiophene rings is 1. The van der Waals surface area contributed by atoms with E-state index in [9.17, 15) is 14.4 Å². The molecule has 0 aromatic carbocycles. The molecule has 0 saturated carbocycles. The van der Waals surface area contributed by atoms with Gasteiger partial charge in [-0.2, -0.15) is 0 Å². The van der Waals surface area contributed by atoms with Crippen molar-refractivity contribution in [2.75, 3.05) is 13.1 Å². The lowest BCUT2D eigenvalue weighted by molar-refractivity contribution is -0.141. The Morgan fingerprint density at radius 1 is 1.21 bits per heavy atom. The van der Waals surface area contributed by atoms with Crippen LogP contribution in [0.15, 0.2) is 11.4 Å². The Morgan fingerprint density at radius 2 is 2.00 bits per heavy atom. The highest BCUT2D eigenvalue weighted by Gasteiger charge is 2.30. The molecule has 7 heteroatoms. The monoisotopic (exact) mass is 350 g/mol. The van der Waals surface area contributed by atoms with Crippen LogP contribution in [-0.2, 0) is 27.3 Å². The van der Waals surface area contributed by atoms with Crippen molar-refractivity contribution < 1.29 is 19.5 Å². The van der Waals surface area contributed by atoms with Crippen LogP contribution >= 0.6 is 11.3 Å². The minimum absolute atomic E-state index is 0.00720. The van der Waals surface area contributed by atoms with Crippen molar-refractivity contribution in [1.29, 1.82) is 0 Å². The molecule has 0 radical (unpaired) electrons. The number of amides is 2. The van der Waals surface area contributed by atoms with Gasteiger partial charge >= 0.3 is 5.97 Å². The predicted octanol–water partition coefficient (Wildman–Crippen LogP) is 1.88. The molecule has 3 heterocycles. The van der Waals surface area contributed by atoms with Gasteiger partial charge in [0.2, 0.25) is 11.8 Å². The number of carbonyl (C=O) groups is 3. The van der Waals surface area contributed by atoms with Crippen LogP contribution in [-0.4, -0.2) is 51.8 Å². The quantitative estimate of drug-likeness (QED) is 0.879. The van der Waals surface area contributed by atoms with E-state index in [1.54, 1.807) is 16.2 Å². The van der Waals surface area contributed by atoms with Crippen LogP contribution in [0, 0.1) is 0 Å². The number of carboxylic acid groups (broad SMARTS) is 1. The fourth-order valence-electron chi connectivity index (χ4n) is 3.55. The van der Waals surface area contributed by atoms with Crippen LogP contribution in [0.3, 0.4) is 0 Å². The van der Waals surface area contributed by atoms with Crippen LogP contribution < -0.4 is 0 Å². The number of hydrogen-bond donors (Lipinski definition) is 1. The molecule has 0 aliphatic carbocycles. The van der Waals surface area contributed by atoms with Gasteiger partial charge < -0.3 is 14.9 Å². The summed E-state index contributed by atoms with van der Waals surface area (Å²) in [6.45, 7) is 1.95. The number of nitrogens with zero attached hydrogens (tertiary/aromatic N) is 2. The molecule has 1 aromatic heterocycles. The van der Waals surface area contributed by atoms with Gasteiger partial charge in [-0.1, -0.05) is 0 Å². The van der Waals surface area contributed by atoms with Crippen LogP contribution in [0.5, 0.6) is 0 Å². The van der Waals surface area contributed by atoms with Crippen molar-refractivity contribution >= 4 is 29.1 Å². The molecule has 24 heavy (non-hydrogen) atoms. The molecule has 2 aliphatic heterocycles. The van der Waals surface area contributed by atoms with E-state index in [0.717, 1.165) is 19.3 Å². The van der Waals surface area contributed by atoms with Crippen LogP contribution in [0.1, 0.15) is 42.5 Å². The normalized spacial score (nSPS) is 20.1. The summed E-state index contributed by atoms with van der Waals surface area (Å²) >= 11 is 1.73. The first kappa shape index (κ1) is 17.0. The zero-order valence-corrected chi connectivity index (χ0v) is 14.4. The van der Waals surface area contributed by atoms with Gasteiger partial charge in [0.05, 0.1) is 6.42 Å². The Hall–Kier alpha value is -1.89. The average molecular weight is 350 g/mol. The van der Waals surface area contributed by atoms with E-state index in [-0.39, 0.29) is 37.1 Å². The Kier molecular flexibility index (Phi) is 5.18. The van der Waals surface area contributed by atoms with Crippen molar-refractivity contribution in [2.45, 2.75) is 51.1 Å². The summed E-state index contributed by atoms with van der Waals surface area (Å²) < 4.78 is 0. The first-order valence-corrected chi connectivity index (χ1v) is 9.27. The maximum atomic E-state index is 12.4. The highest BCUT2D eigenvalue weighted by molar-refractivity contribution is 7.10. The summed E-state index contributed by atoms with van der Waals surface area (Å²) in [4.78, 5) is 40.4. The average Bonchev–Trinajstić information content (AvgIpc) is 3.19. The fourth-order valence-corrected chi connectivity index (χ4v) is 4.44. The lowest BCUT2D eigenvalue weighted by Gasteiger charge is -2.28. The molecule has 0 spiro atoms. The second kappa shape index (κ2) is 7.34. The first-order valence-electron chi connectivity index (χ1n) is 8.39. The summed E-state index contributed by atoms with van der Waals surface area (Å²) in [5.74, 6) is -0.967. The smallest absolute Gasteiger partial charge is 0.305 e. The molecule has 1 N–H and O–H groups in total. The largest absolute Gasteiger partial charge is 0.481 e. The lowest BCUT2D eigenvalue weighted by Crippen LogP contribution is -2.39. The molecule has 2 aliphatic rings. The summed E-state index contributed by atoms with van der Waals surface area (Å²) in [6, 6.07) is 1.85. The minimum atomic E-state index is -0.879. The summed E-state index contributed by atoms with van der Waals surface area (Å²) in [5.41, 5.74) is 1.21. The third-order valence-corrected chi connectivity index (χ3v) is 5.84. The van der Waals surface area contributed by atoms with Crippen molar-refractivity contribution in [1.82, 2.24) is 9.80 Å². The van der Waals surface area contributed by atoms with Crippen LogP contribution in [0.4, 0.5) is 0 Å². The molecule has 0 bridgehead atoms. The fraction of sp³-hybridized carbons (Fsp3) is 0.588. The molecule has 1 saturated heterocycles. The van der Waals surface area contributed by atoms with Gasteiger partial charge in [-0.15, -0.1) is 11.3 Å². The summed E-state index contributed by atoms with van der Waals surface area (Å²) in [5, 5.41) is 11.0. The van der Waals surface area contributed by atoms with E-state index in [2.05, 4.69) is 11.4 Å². The standard InChI is InChI=1S/C17H22N2O4S/c20-15(18-8-5-14-12(11-18)6-9-24-14)3-4-16(21)19-7-1-2-13(19)10-17(22)23/h6,9,13H,1-5,7-8,10-11H2,(H,22,23). The van der Waals surface area contributed by atoms with E-state index in [1.807, 2.05) is 4.90 Å². The predicted molar refractivity (Wildman–Crippen MR) is 89.7 cm³/mol. The molecule has 1 fully saturated rings. The summed E-state index contributed by atoms with van der Waals surface area (Å²) in [7, 11) is 0. The van der Waals surface area contributed by atoms with Gasteiger partial charge in [-0.05, 0) is 36.3 Å². The van der Waals surface area contributed by atoms with E-state index in [1.165, 1.54) is 10.4 Å². The number of rotatable bonds is 5. The Bertz CT molecular complexity index is 642. The molecule has 1 unspecified atom stereocenters. The van der Waals surface area contributed by atoms with E-state index < -0.39 is 5.97 Å². The molecule has 3 rings (SSSR count). The number of hydrogen-bond acceptors (Lipinski definition) is 4. The number of aliphatic carboxylic acids is 1. The third kappa shape index (κ3) is 3.77. The van der Waals surface area contributed by atoms with Gasteiger partial charge in [0.1, 0.15) is 0 Å². The summed E-state index contributed by atoms with van der Waals surface area (Å²) in [6.07, 6.45) is 2.83. The Balaban J connectivity index is 1.49. The lowest BCUT2D eigenvalue weighted by atomic mass is 10.1. The molecular weight excluding hydrogens is 328 g/mol. The van der Waals surface area contributed by atoms with Gasteiger partial charge in [0, 0.05) is 43.4 Å². The van der Waals surface area contributed by atoms with E-state index in [0.29, 0.717) is 19.6 Å². The Labute approximate surface area is 145 Å². The second-order valence-electron chi connectivity index (χ2n) is 6.42. The van der Waals surface area contributed by atoms with Crippen LogP contribution in [0.25, 0.3) is 0 Å². The highest BCUT2D eigenvalue weighted by Crippen LogP contribution is 2.25. The SMILES string of the molecule is O=C(O)CC1CCCN1C(=O)CCC(=O)N1CCc2sccc2C1. The first-order chi connectivity index (χ1) is 11.5. The van der Waals surface area contributed by atoms with E-state index in [4.69, 9.17) is 5.11 Å². The van der Waals surface area contributed by atoms with Crippen LogP contribution in [0.2, 0.25) is 0 Å². The topological polar surface area (TPSA) is 77.9 Å². The number of fused-ring (bicyclic) bond motifs is 1. The van der Waals surface area contributed by atoms with Gasteiger partial charge in [0.25, 0.3) is 0 Å². The second-order valence-corrected chi connectivity index (χ2v) is 7.42. The zero-order valence-electron chi connectivity index (χ0n) is 13.6. The third-order valence-electron chi connectivity index (χ3n) is 4.82. The molecule has 2 amide bonds. The number of carboxylic acids is 1. The highest BCUT2D eigenvalue weighted by atomic mass is 32.1. The number of carbonyl (C=O) groups excluding carboxylic acids is 2. The van der Waals surface area contributed by atoms with Gasteiger partial charge in [-0.3, -0.25) is 14.4 Å². The molecule has 6 nitrogen and oxygen atoms in total. The zero-order chi connectivity index (χ0) is 17.1. The molecule has 1 atom stereocenters. The minimum Gasteiger partial charge on any atom is -0.481 e. The van der Waals surface area contributed by atoms with Crippen molar-refractivity contribution in [3.05, 3.63) is 21.9 Å². The molecular formula is C17H22N2O4S. The van der Waals surface area contributed by atoms with Crippen molar-refractivity contribution in [3.8, 4) is 0 Å². The maximum absolute atomic E-state index is 12.4. The number of likely N-dealkylation sites (tertiary alicyclic amines) is 1. The Morgan fingerprint density at radius 3 is 2.79 bits per heavy atom. The van der Waals surface area contributed by atoms with Crippen molar-refractivity contribution in [3.63, 3.8) is 0 Å². The maximum Gasteiger partial charge on any atom is 0.305 e. The van der Waals surface area contributed by atoms with E-state index >= 15 is 0 Å². The van der Waals surface area contributed by atoms with Crippen molar-refractivity contribution in [2.24, 2.45) is 0 Å².